The number of rotatable bonds is 2. The molecule has 3 rings (SSSR count). The Balaban J connectivity index is 2.21. The van der Waals surface area contributed by atoms with E-state index in [-0.39, 0.29) is 5.78 Å². The molecule has 104 valence electrons. The van der Waals surface area contributed by atoms with Crippen LogP contribution in [0.2, 0.25) is 10.0 Å². The van der Waals surface area contributed by atoms with Gasteiger partial charge < -0.3 is 0 Å². The van der Waals surface area contributed by atoms with Gasteiger partial charge in [-0.1, -0.05) is 47.5 Å². The van der Waals surface area contributed by atoms with Gasteiger partial charge in [0.05, 0.1) is 0 Å². The second kappa shape index (κ2) is 5.80. The minimum Gasteiger partial charge on any atom is -0.289 e. The van der Waals surface area contributed by atoms with Crippen LogP contribution in [0.3, 0.4) is 0 Å². The van der Waals surface area contributed by atoms with Crippen molar-refractivity contribution in [2.24, 2.45) is 0 Å². The summed E-state index contributed by atoms with van der Waals surface area (Å²) in [4.78, 5) is 12.8. The highest BCUT2D eigenvalue weighted by Crippen LogP contribution is 2.30. The van der Waals surface area contributed by atoms with Crippen molar-refractivity contribution < 1.29 is 4.79 Å². The predicted octanol–water partition coefficient (Wildman–Crippen LogP) is 6.14. The molecule has 0 bridgehead atoms. The maximum atomic E-state index is 12.8. The molecule has 0 N–H and O–H groups in total. The van der Waals surface area contributed by atoms with Crippen LogP contribution in [-0.4, -0.2) is 5.78 Å². The Morgan fingerprint density at radius 3 is 2.24 bits per heavy atom. The number of hydrogen-bond acceptors (Lipinski definition) is 1. The molecule has 21 heavy (non-hydrogen) atoms. The average Bonchev–Trinajstić information content (AvgIpc) is 2.47. The molecule has 0 saturated heterocycles. The van der Waals surface area contributed by atoms with Crippen LogP contribution in [0.5, 0.6) is 0 Å². The van der Waals surface area contributed by atoms with E-state index in [4.69, 9.17) is 23.2 Å². The van der Waals surface area contributed by atoms with Crippen molar-refractivity contribution in [1.82, 2.24) is 0 Å². The Hall–Kier alpha value is -1.35. The Morgan fingerprint density at radius 2 is 1.52 bits per heavy atom. The van der Waals surface area contributed by atoms with E-state index in [0.717, 1.165) is 10.8 Å². The molecule has 0 aliphatic heterocycles. The lowest BCUT2D eigenvalue weighted by atomic mass is 9.97. The molecule has 0 saturated carbocycles. The van der Waals surface area contributed by atoms with E-state index in [9.17, 15) is 4.79 Å². The Kier molecular flexibility index (Phi) is 4.03. The van der Waals surface area contributed by atoms with E-state index in [0.29, 0.717) is 25.6 Å². The summed E-state index contributed by atoms with van der Waals surface area (Å²) in [7, 11) is 0. The van der Waals surface area contributed by atoms with Crippen molar-refractivity contribution in [1.29, 1.82) is 0 Å². The summed E-state index contributed by atoms with van der Waals surface area (Å²) in [6.07, 6.45) is 0. The third kappa shape index (κ3) is 2.71. The lowest BCUT2D eigenvalue weighted by Crippen LogP contribution is -2.03. The molecule has 0 amide bonds. The molecule has 0 aromatic heterocycles. The number of ketones is 1. The average molecular weight is 380 g/mol. The van der Waals surface area contributed by atoms with Crippen molar-refractivity contribution in [3.63, 3.8) is 0 Å². The molecule has 3 aromatic rings. The zero-order valence-corrected chi connectivity index (χ0v) is 13.8. The topological polar surface area (TPSA) is 17.1 Å². The highest BCUT2D eigenvalue weighted by molar-refractivity contribution is 9.10. The second-order valence-electron chi connectivity index (χ2n) is 4.59. The third-order valence-electron chi connectivity index (χ3n) is 3.29. The van der Waals surface area contributed by atoms with E-state index >= 15 is 0 Å². The first-order chi connectivity index (χ1) is 10.1. The Bertz CT molecular complexity index is 859. The summed E-state index contributed by atoms with van der Waals surface area (Å²) < 4.78 is 0.680. The van der Waals surface area contributed by atoms with E-state index in [1.807, 2.05) is 24.3 Å². The van der Waals surface area contributed by atoms with Gasteiger partial charge in [0.15, 0.2) is 5.78 Å². The van der Waals surface area contributed by atoms with Gasteiger partial charge in [-0.2, -0.15) is 0 Å². The van der Waals surface area contributed by atoms with Crippen LogP contribution in [0.1, 0.15) is 15.9 Å². The summed E-state index contributed by atoms with van der Waals surface area (Å²) in [5.74, 6) is -0.0635. The quantitative estimate of drug-likeness (QED) is 0.488. The first kappa shape index (κ1) is 14.6. The van der Waals surface area contributed by atoms with Crippen LogP contribution < -0.4 is 0 Å². The molecular formula is C17H9BrCl2O. The van der Waals surface area contributed by atoms with Gasteiger partial charge in [0, 0.05) is 31.0 Å². The maximum Gasteiger partial charge on any atom is 0.194 e. The van der Waals surface area contributed by atoms with Crippen molar-refractivity contribution in [2.45, 2.75) is 0 Å². The molecule has 0 aliphatic rings. The van der Waals surface area contributed by atoms with Gasteiger partial charge in [0.25, 0.3) is 0 Å². The van der Waals surface area contributed by atoms with Gasteiger partial charge in [0.2, 0.25) is 0 Å². The molecule has 0 aliphatic carbocycles. The van der Waals surface area contributed by atoms with E-state index in [1.54, 1.807) is 30.3 Å². The highest BCUT2D eigenvalue weighted by atomic mass is 79.9. The SMILES string of the molecule is O=C(c1ccc(Cl)cc1Br)c1ccc(Cl)c2ccccc12. The van der Waals surface area contributed by atoms with Gasteiger partial charge in [-0.3, -0.25) is 4.79 Å². The van der Waals surface area contributed by atoms with Crippen LogP contribution in [0, 0.1) is 0 Å². The predicted molar refractivity (Wildman–Crippen MR) is 91.5 cm³/mol. The van der Waals surface area contributed by atoms with Gasteiger partial charge >= 0.3 is 0 Å². The normalized spacial score (nSPS) is 10.8. The van der Waals surface area contributed by atoms with Crippen LogP contribution in [0.4, 0.5) is 0 Å². The van der Waals surface area contributed by atoms with Crippen molar-refractivity contribution in [3.8, 4) is 0 Å². The summed E-state index contributed by atoms with van der Waals surface area (Å²) >= 11 is 15.5. The monoisotopic (exact) mass is 378 g/mol. The van der Waals surface area contributed by atoms with Crippen molar-refractivity contribution >= 4 is 55.7 Å². The summed E-state index contributed by atoms with van der Waals surface area (Å²) in [6, 6.07) is 16.3. The number of halogens is 3. The first-order valence-electron chi connectivity index (χ1n) is 6.25. The summed E-state index contributed by atoms with van der Waals surface area (Å²) in [6.45, 7) is 0. The molecule has 1 nitrogen and oxygen atoms in total. The van der Waals surface area contributed by atoms with Gasteiger partial charge in [-0.25, -0.2) is 0 Å². The number of hydrogen-bond donors (Lipinski definition) is 0. The lowest BCUT2D eigenvalue weighted by molar-refractivity contribution is 0.103. The molecule has 4 heteroatoms. The molecule has 0 heterocycles. The van der Waals surface area contributed by atoms with Crippen LogP contribution >= 0.6 is 39.1 Å². The molecule has 0 radical (unpaired) electrons. The molecule has 0 atom stereocenters. The molecule has 0 spiro atoms. The van der Waals surface area contributed by atoms with E-state index < -0.39 is 0 Å². The van der Waals surface area contributed by atoms with E-state index in [1.165, 1.54) is 0 Å². The molecular weight excluding hydrogens is 371 g/mol. The fourth-order valence-corrected chi connectivity index (χ4v) is 3.37. The zero-order valence-electron chi connectivity index (χ0n) is 10.7. The molecule has 0 fully saturated rings. The van der Waals surface area contributed by atoms with Crippen LogP contribution in [0.25, 0.3) is 10.8 Å². The third-order valence-corrected chi connectivity index (χ3v) is 4.51. The van der Waals surface area contributed by atoms with Gasteiger partial charge in [-0.15, -0.1) is 0 Å². The maximum absolute atomic E-state index is 12.8. The van der Waals surface area contributed by atoms with Crippen molar-refractivity contribution in [3.05, 3.63) is 80.2 Å². The molecule has 3 aromatic carbocycles. The second-order valence-corrected chi connectivity index (χ2v) is 6.29. The largest absolute Gasteiger partial charge is 0.289 e. The molecule has 0 unspecified atom stereocenters. The zero-order chi connectivity index (χ0) is 15.0. The fraction of sp³-hybridized carbons (Fsp3) is 0. The van der Waals surface area contributed by atoms with Gasteiger partial charge in [0.1, 0.15) is 0 Å². The number of benzene rings is 3. The lowest BCUT2D eigenvalue weighted by Gasteiger charge is -2.09. The highest BCUT2D eigenvalue weighted by Gasteiger charge is 2.16. The van der Waals surface area contributed by atoms with Gasteiger partial charge in [-0.05, 0) is 51.6 Å². The van der Waals surface area contributed by atoms with E-state index in [2.05, 4.69) is 15.9 Å². The summed E-state index contributed by atoms with van der Waals surface area (Å²) in [5.41, 5.74) is 1.20. The Morgan fingerprint density at radius 1 is 0.857 bits per heavy atom. The summed E-state index contributed by atoms with van der Waals surface area (Å²) in [5, 5.41) is 2.93. The number of carbonyl (C=O) groups is 1. The first-order valence-corrected chi connectivity index (χ1v) is 7.80. The smallest absolute Gasteiger partial charge is 0.194 e. The number of fused-ring (bicyclic) bond motifs is 1. The van der Waals surface area contributed by atoms with Crippen LogP contribution in [0.15, 0.2) is 59.1 Å². The fourth-order valence-electron chi connectivity index (χ4n) is 2.28. The minimum atomic E-state index is -0.0635. The standard InChI is InChI=1S/C17H9BrCl2O/c18-15-9-10(19)5-6-14(15)17(21)13-7-8-16(20)12-4-2-1-3-11(12)13/h1-9H. The van der Waals surface area contributed by atoms with Crippen molar-refractivity contribution in [2.75, 3.05) is 0 Å². The Labute approximate surface area is 140 Å². The minimum absolute atomic E-state index is 0.0635. The number of carbonyl (C=O) groups excluding carboxylic acids is 1. The van der Waals surface area contributed by atoms with Crippen LogP contribution in [-0.2, 0) is 0 Å².